The Balaban J connectivity index is 1.51. The van der Waals surface area contributed by atoms with E-state index < -0.39 is 11.1 Å². The van der Waals surface area contributed by atoms with Crippen molar-refractivity contribution in [3.8, 4) is 33.6 Å². The topological polar surface area (TPSA) is 76.4 Å². The van der Waals surface area contributed by atoms with E-state index in [-0.39, 0.29) is 0 Å². The molecule has 0 bridgehead atoms. The van der Waals surface area contributed by atoms with Crippen molar-refractivity contribution in [3.63, 3.8) is 0 Å². The van der Waals surface area contributed by atoms with Crippen molar-refractivity contribution in [3.05, 3.63) is 102 Å². The summed E-state index contributed by atoms with van der Waals surface area (Å²) in [6, 6.07) is 28.9. The third kappa shape index (κ3) is 3.73. The SMILES string of the molecule is Cc1nc2nc(-c3ccc(C4(N)CC(C)(O)C4)cc3)c(-c3ccccc3)cn2c1-c1ccccc1. The van der Waals surface area contributed by atoms with Crippen LogP contribution in [0.4, 0.5) is 0 Å². The number of fused-ring (bicyclic) bond motifs is 1. The van der Waals surface area contributed by atoms with Gasteiger partial charge in [-0.15, -0.1) is 0 Å². The van der Waals surface area contributed by atoms with Gasteiger partial charge in [0, 0.05) is 28.4 Å². The van der Waals surface area contributed by atoms with Gasteiger partial charge in [-0.3, -0.25) is 4.40 Å². The maximum Gasteiger partial charge on any atom is 0.235 e. The highest BCUT2D eigenvalue weighted by Crippen LogP contribution is 2.46. The quantitative estimate of drug-likeness (QED) is 0.359. The van der Waals surface area contributed by atoms with Crippen LogP contribution in [0, 0.1) is 6.92 Å². The second-order valence-electron chi connectivity index (χ2n) is 10.0. The average Bonchev–Trinajstić information content (AvgIpc) is 3.18. The maximum absolute atomic E-state index is 10.2. The van der Waals surface area contributed by atoms with E-state index in [4.69, 9.17) is 15.7 Å². The van der Waals surface area contributed by atoms with Crippen LogP contribution in [0.3, 0.4) is 0 Å². The van der Waals surface area contributed by atoms with Crippen LogP contribution < -0.4 is 5.73 Å². The third-order valence-electron chi connectivity index (χ3n) is 7.05. The van der Waals surface area contributed by atoms with Crippen LogP contribution in [0.15, 0.2) is 91.1 Å². The fourth-order valence-corrected chi connectivity index (χ4v) is 5.55. The van der Waals surface area contributed by atoms with E-state index in [2.05, 4.69) is 59.1 Å². The molecule has 5 aromatic rings. The van der Waals surface area contributed by atoms with Gasteiger partial charge in [0.25, 0.3) is 0 Å². The number of hydrogen-bond acceptors (Lipinski definition) is 4. The number of hydrogen-bond donors (Lipinski definition) is 2. The average molecular weight is 461 g/mol. The molecule has 2 heterocycles. The summed E-state index contributed by atoms with van der Waals surface area (Å²) in [5.74, 6) is 0.672. The van der Waals surface area contributed by atoms with E-state index in [9.17, 15) is 5.11 Å². The van der Waals surface area contributed by atoms with Crippen LogP contribution in [0.2, 0.25) is 0 Å². The predicted octanol–water partition coefficient (Wildman–Crippen LogP) is 5.74. The molecule has 0 saturated heterocycles. The molecule has 6 rings (SSSR count). The van der Waals surface area contributed by atoms with E-state index in [0.717, 1.165) is 44.9 Å². The van der Waals surface area contributed by atoms with Crippen LogP contribution in [-0.4, -0.2) is 25.1 Å². The lowest BCUT2D eigenvalue weighted by Gasteiger charge is -2.49. The number of aromatic nitrogens is 3. The fraction of sp³-hybridized carbons (Fsp3) is 0.200. The minimum atomic E-state index is -0.685. The molecule has 0 amide bonds. The standard InChI is InChI=1S/C30H28N4O/c1-20-27(23-11-7-4-8-12-23)34-17-25(21-9-5-3-6-10-21)26(33-28(34)32-20)22-13-15-24(16-14-22)30(31)18-29(2,35)19-30/h3-17,35H,18-19,31H2,1-2H3. The molecule has 1 saturated carbocycles. The molecule has 3 N–H and O–H groups in total. The van der Waals surface area contributed by atoms with Crippen LogP contribution in [-0.2, 0) is 5.54 Å². The highest BCUT2D eigenvalue weighted by atomic mass is 16.3. The van der Waals surface area contributed by atoms with Gasteiger partial charge in [0.1, 0.15) is 0 Å². The number of nitrogens with zero attached hydrogens (tertiary/aromatic N) is 3. The van der Waals surface area contributed by atoms with Crippen molar-refractivity contribution in [2.45, 2.75) is 37.8 Å². The van der Waals surface area contributed by atoms with Crippen LogP contribution in [0.25, 0.3) is 39.4 Å². The second-order valence-corrected chi connectivity index (χ2v) is 10.0. The van der Waals surface area contributed by atoms with Crippen molar-refractivity contribution in [2.24, 2.45) is 5.73 Å². The zero-order valence-corrected chi connectivity index (χ0v) is 19.9. The minimum absolute atomic E-state index is 0.480. The fourth-order valence-electron chi connectivity index (χ4n) is 5.55. The Bertz CT molecular complexity index is 1510. The number of benzene rings is 3. The second kappa shape index (κ2) is 7.87. The first-order chi connectivity index (χ1) is 16.8. The van der Waals surface area contributed by atoms with Gasteiger partial charge in [0.05, 0.1) is 22.7 Å². The summed E-state index contributed by atoms with van der Waals surface area (Å²) in [7, 11) is 0. The molecule has 0 spiro atoms. The lowest BCUT2D eigenvalue weighted by Crippen LogP contribution is -2.58. The maximum atomic E-state index is 10.2. The summed E-state index contributed by atoms with van der Waals surface area (Å²) in [5.41, 5.74) is 13.6. The highest BCUT2D eigenvalue weighted by Gasteiger charge is 2.49. The predicted molar refractivity (Wildman–Crippen MR) is 140 cm³/mol. The first kappa shape index (κ1) is 21.7. The Labute approximate surface area is 204 Å². The van der Waals surface area contributed by atoms with E-state index >= 15 is 0 Å². The number of nitrogens with two attached hydrogens (primary N) is 1. The van der Waals surface area contributed by atoms with Crippen LogP contribution in [0.1, 0.15) is 31.0 Å². The molecular weight excluding hydrogens is 432 g/mol. The number of aliphatic hydroxyl groups is 1. The Hall–Kier alpha value is -3.80. The summed E-state index contributed by atoms with van der Waals surface area (Å²) in [6.45, 7) is 3.87. The van der Waals surface area contributed by atoms with Gasteiger partial charge < -0.3 is 10.8 Å². The molecule has 35 heavy (non-hydrogen) atoms. The molecule has 0 aliphatic heterocycles. The van der Waals surface area contributed by atoms with Crippen molar-refractivity contribution in [1.82, 2.24) is 14.4 Å². The van der Waals surface area contributed by atoms with Crippen molar-refractivity contribution < 1.29 is 5.11 Å². The molecular formula is C30H28N4O. The lowest BCUT2D eigenvalue weighted by atomic mass is 9.63. The molecule has 0 radical (unpaired) electrons. The van der Waals surface area contributed by atoms with E-state index in [0.29, 0.717) is 18.6 Å². The normalized spacial score (nSPS) is 21.7. The molecule has 0 atom stereocenters. The molecule has 0 unspecified atom stereocenters. The molecule has 1 fully saturated rings. The third-order valence-corrected chi connectivity index (χ3v) is 7.05. The van der Waals surface area contributed by atoms with Gasteiger partial charge in [-0.25, -0.2) is 9.97 Å². The molecule has 5 heteroatoms. The van der Waals surface area contributed by atoms with Gasteiger partial charge in [-0.05, 0) is 37.8 Å². The zero-order valence-electron chi connectivity index (χ0n) is 19.9. The summed E-state index contributed by atoms with van der Waals surface area (Å²) in [6.07, 6.45) is 3.28. The Kier molecular flexibility index (Phi) is 4.88. The number of imidazole rings is 1. The van der Waals surface area contributed by atoms with Gasteiger partial charge in [-0.2, -0.15) is 0 Å². The first-order valence-electron chi connectivity index (χ1n) is 12.0. The summed E-state index contributed by atoms with van der Waals surface area (Å²) in [5, 5.41) is 10.2. The van der Waals surface area contributed by atoms with Crippen LogP contribution >= 0.6 is 0 Å². The summed E-state index contributed by atoms with van der Waals surface area (Å²) in [4.78, 5) is 9.87. The smallest absolute Gasteiger partial charge is 0.235 e. The Morgan fingerprint density at radius 1 is 0.800 bits per heavy atom. The van der Waals surface area contributed by atoms with Crippen molar-refractivity contribution >= 4 is 5.78 Å². The molecule has 1 aliphatic rings. The van der Waals surface area contributed by atoms with Gasteiger partial charge in [0.2, 0.25) is 5.78 Å². The summed E-state index contributed by atoms with van der Waals surface area (Å²) >= 11 is 0. The minimum Gasteiger partial charge on any atom is -0.390 e. The van der Waals surface area contributed by atoms with E-state index in [1.165, 1.54) is 0 Å². The molecule has 3 aromatic carbocycles. The van der Waals surface area contributed by atoms with Gasteiger partial charge in [-0.1, -0.05) is 84.9 Å². The van der Waals surface area contributed by atoms with E-state index in [1.807, 2.05) is 50.2 Å². The Morgan fingerprint density at radius 3 is 2.00 bits per heavy atom. The molecule has 1 aliphatic carbocycles. The zero-order chi connectivity index (χ0) is 24.2. The molecule has 5 nitrogen and oxygen atoms in total. The largest absolute Gasteiger partial charge is 0.390 e. The molecule has 2 aromatic heterocycles. The van der Waals surface area contributed by atoms with Gasteiger partial charge >= 0.3 is 0 Å². The summed E-state index contributed by atoms with van der Waals surface area (Å²) < 4.78 is 2.09. The highest BCUT2D eigenvalue weighted by molar-refractivity contribution is 5.82. The number of aryl methyl sites for hydroxylation is 1. The monoisotopic (exact) mass is 460 g/mol. The Morgan fingerprint density at radius 2 is 1.40 bits per heavy atom. The lowest BCUT2D eigenvalue weighted by molar-refractivity contribution is -0.0738. The van der Waals surface area contributed by atoms with Crippen LogP contribution in [0.5, 0.6) is 0 Å². The molecule has 174 valence electrons. The first-order valence-corrected chi connectivity index (χ1v) is 12.0. The van der Waals surface area contributed by atoms with Gasteiger partial charge in [0.15, 0.2) is 0 Å². The van der Waals surface area contributed by atoms with E-state index in [1.54, 1.807) is 0 Å². The van der Waals surface area contributed by atoms with Crippen molar-refractivity contribution in [1.29, 1.82) is 0 Å². The number of rotatable bonds is 4. The van der Waals surface area contributed by atoms with Crippen molar-refractivity contribution in [2.75, 3.05) is 0 Å².